The van der Waals surface area contributed by atoms with Gasteiger partial charge in [-0.3, -0.25) is 4.90 Å². The maximum absolute atomic E-state index is 9.91. The van der Waals surface area contributed by atoms with Gasteiger partial charge in [-0.1, -0.05) is 20.8 Å². The molecule has 1 atom stereocenters. The van der Waals surface area contributed by atoms with E-state index < -0.39 is 0 Å². The fraction of sp³-hybridized carbons (Fsp3) is 1.00. The average Bonchev–Trinajstić information content (AvgIpc) is 3.19. The van der Waals surface area contributed by atoms with Gasteiger partial charge in [-0.2, -0.15) is 0 Å². The molecule has 0 aromatic heterocycles. The standard InChI is InChI=1S/C15H30N2O/c1-4-16-15(11-18,13-5-6-13)10-17(9-12(2)3)14-7-8-14/h12-14,16,18H,4-11H2,1-3H3. The minimum absolute atomic E-state index is 0.0355. The van der Waals surface area contributed by atoms with Crippen LogP contribution >= 0.6 is 0 Å². The third-order valence-electron chi connectivity index (χ3n) is 4.32. The summed E-state index contributed by atoms with van der Waals surface area (Å²) in [6, 6.07) is 0.788. The van der Waals surface area contributed by atoms with Gasteiger partial charge in [0.15, 0.2) is 0 Å². The van der Waals surface area contributed by atoms with Crippen molar-refractivity contribution in [2.75, 3.05) is 26.2 Å². The summed E-state index contributed by atoms with van der Waals surface area (Å²) >= 11 is 0. The molecular formula is C15H30N2O. The fourth-order valence-electron chi connectivity index (χ4n) is 3.17. The van der Waals surface area contributed by atoms with E-state index in [9.17, 15) is 5.11 Å². The lowest BCUT2D eigenvalue weighted by Crippen LogP contribution is -2.58. The molecule has 2 rings (SSSR count). The second-order valence-corrected chi connectivity index (χ2v) is 6.67. The van der Waals surface area contributed by atoms with E-state index in [1.54, 1.807) is 0 Å². The predicted octanol–water partition coefficient (Wildman–Crippen LogP) is 1.86. The van der Waals surface area contributed by atoms with Crippen LogP contribution in [0.3, 0.4) is 0 Å². The van der Waals surface area contributed by atoms with Gasteiger partial charge in [0, 0.05) is 19.1 Å². The molecule has 0 saturated heterocycles. The predicted molar refractivity (Wildman–Crippen MR) is 75.7 cm³/mol. The van der Waals surface area contributed by atoms with Crippen molar-refractivity contribution in [2.45, 2.75) is 58.0 Å². The molecule has 0 aromatic carbocycles. The lowest BCUT2D eigenvalue weighted by molar-refractivity contribution is 0.0826. The summed E-state index contributed by atoms with van der Waals surface area (Å²) in [6.07, 6.45) is 5.28. The van der Waals surface area contributed by atoms with Gasteiger partial charge in [0.05, 0.1) is 12.1 Å². The van der Waals surface area contributed by atoms with Crippen LogP contribution in [0, 0.1) is 11.8 Å². The SMILES string of the molecule is CCNC(CO)(CN(CC(C)C)C1CC1)C1CC1. The van der Waals surface area contributed by atoms with Gasteiger partial charge >= 0.3 is 0 Å². The van der Waals surface area contributed by atoms with E-state index in [0.717, 1.165) is 19.1 Å². The number of rotatable bonds is 9. The molecule has 18 heavy (non-hydrogen) atoms. The van der Waals surface area contributed by atoms with Crippen molar-refractivity contribution in [2.24, 2.45) is 11.8 Å². The number of likely N-dealkylation sites (N-methyl/N-ethyl adjacent to an activating group) is 1. The molecule has 0 radical (unpaired) electrons. The van der Waals surface area contributed by atoms with Crippen molar-refractivity contribution < 1.29 is 5.11 Å². The summed E-state index contributed by atoms with van der Waals surface area (Å²) in [4.78, 5) is 2.63. The monoisotopic (exact) mass is 254 g/mol. The number of aliphatic hydroxyl groups excluding tert-OH is 1. The maximum atomic E-state index is 9.91. The van der Waals surface area contributed by atoms with Gasteiger partial charge in [0.2, 0.25) is 0 Å². The first-order chi connectivity index (χ1) is 8.61. The first kappa shape index (κ1) is 14.3. The van der Waals surface area contributed by atoms with E-state index >= 15 is 0 Å². The number of hydrogen-bond acceptors (Lipinski definition) is 3. The van der Waals surface area contributed by atoms with Crippen molar-refractivity contribution in [3.8, 4) is 0 Å². The smallest absolute Gasteiger partial charge is 0.0628 e. The van der Waals surface area contributed by atoms with E-state index in [0.29, 0.717) is 11.8 Å². The number of nitrogens with zero attached hydrogens (tertiary/aromatic N) is 1. The van der Waals surface area contributed by atoms with Gasteiger partial charge < -0.3 is 10.4 Å². The highest BCUT2D eigenvalue weighted by Crippen LogP contribution is 2.41. The van der Waals surface area contributed by atoms with Gasteiger partial charge in [0.25, 0.3) is 0 Å². The number of nitrogens with one attached hydrogen (secondary N) is 1. The molecule has 0 aromatic rings. The van der Waals surface area contributed by atoms with Gasteiger partial charge in [0.1, 0.15) is 0 Å². The third-order valence-corrected chi connectivity index (χ3v) is 4.32. The van der Waals surface area contributed by atoms with Crippen LogP contribution in [0.15, 0.2) is 0 Å². The molecule has 3 heteroatoms. The Labute approximate surface area is 112 Å². The molecule has 1 unspecified atom stereocenters. The molecule has 2 aliphatic rings. The quantitative estimate of drug-likeness (QED) is 0.659. The molecule has 2 aliphatic carbocycles. The topological polar surface area (TPSA) is 35.5 Å². The summed E-state index contributed by atoms with van der Waals surface area (Å²) in [5.74, 6) is 1.40. The zero-order valence-electron chi connectivity index (χ0n) is 12.3. The Morgan fingerprint density at radius 3 is 2.33 bits per heavy atom. The maximum Gasteiger partial charge on any atom is 0.0628 e. The number of aliphatic hydroxyl groups is 1. The Bertz CT molecular complexity index is 261. The molecule has 3 nitrogen and oxygen atoms in total. The van der Waals surface area contributed by atoms with Crippen LogP contribution in [0.25, 0.3) is 0 Å². The zero-order chi connectivity index (χ0) is 13.2. The second kappa shape index (κ2) is 5.89. The average molecular weight is 254 g/mol. The molecule has 2 fully saturated rings. The highest BCUT2D eigenvalue weighted by Gasteiger charge is 2.46. The first-order valence-electron chi connectivity index (χ1n) is 7.71. The van der Waals surface area contributed by atoms with Crippen LogP contribution in [0.2, 0.25) is 0 Å². The number of hydrogen-bond donors (Lipinski definition) is 2. The van der Waals surface area contributed by atoms with Crippen molar-refractivity contribution in [3.05, 3.63) is 0 Å². The molecular weight excluding hydrogens is 224 g/mol. The molecule has 2 saturated carbocycles. The first-order valence-corrected chi connectivity index (χ1v) is 7.71. The molecule has 0 heterocycles. The molecule has 0 bridgehead atoms. The van der Waals surface area contributed by atoms with E-state index in [-0.39, 0.29) is 12.1 Å². The van der Waals surface area contributed by atoms with Crippen LogP contribution in [0.1, 0.15) is 46.5 Å². The highest BCUT2D eigenvalue weighted by atomic mass is 16.3. The second-order valence-electron chi connectivity index (χ2n) is 6.67. The Kier molecular flexibility index (Phi) is 4.68. The molecule has 106 valence electrons. The Morgan fingerprint density at radius 1 is 1.28 bits per heavy atom. The summed E-state index contributed by atoms with van der Waals surface area (Å²) in [6.45, 7) is 10.2. The van der Waals surface area contributed by atoms with Gasteiger partial charge in [-0.25, -0.2) is 0 Å². The summed E-state index contributed by atoms with van der Waals surface area (Å²) in [5, 5.41) is 13.5. The lowest BCUT2D eigenvalue weighted by Gasteiger charge is -2.39. The lowest BCUT2D eigenvalue weighted by atomic mass is 9.92. The van der Waals surface area contributed by atoms with Crippen LogP contribution in [-0.4, -0.2) is 47.8 Å². The zero-order valence-corrected chi connectivity index (χ0v) is 12.3. The minimum atomic E-state index is -0.0355. The summed E-state index contributed by atoms with van der Waals surface area (Å²) in [5.41, 5.74) is -0.0355. The Hall–Kier alpha value is -0.120. The molecule has 0 aliphatic heterocycles. The third kappa shape index (κ3) is 3.46. The van der Waals surface area contributed by atoms with Crippen molar-refractivity contribution >= 4 is 0 Å². The van der Waals surface area contributed by atoms with Crippen LogP contribution in [0.5, 0.6) is 0 Å². The van der Waals surface area contributed by atoms with Crippen molar-refractivity contribution in [1.82, 2.24) is 10.2 Å². The van der Waals surface area contributed by atoms with E-state index in [4.69, 9.17) is 0 Å². The van der Waals surface area contributed by atoms with Crippen molar-refractivity contribution in [3.63, 3.8) is 0 Å². The van der Waals surface area contributed by atoms with Crippen LogP contribution < -0.4 is 5.32 Å². The summed E-state index contributed by atoms with van der Waals surface area (Å²) < 4.78 is 0. The van der Waals surface area contributed by atoms with Crippen molar-refractivity contribution in [1.29, 1.82) is 0 Å². The van der Waals surface area contributed by atoms with Gasteiger partial charge in [-0.15, -0.1) is 0 Å². The van der Waals surface area contributed by atoms with Crippen LogP contribution in [-0.2, 0) is 0 Å². The fourth-order valence-corrected chi connectivity index (χ4v) is 3.17. The van der Waals surface area contributed by atoms with Gasteiger partial charge in [-0.05, 0) is 44.1 Å². The van der Waals surface area contributed by atoms with E-state index in [2.05, 4.69) is 31.0 Å². The minimum Gasteiger partial charge on any atom is -0.394 e. The largest absolute Gasteiger partial charge is 0.394 e. The Morgan fingerprint density at radius 2 is 1.94 bits per heavy atom. The molecule has 2 N–H and O–H groups in total. The Balaban J connectivity index is 2.00. The normalized spacial score (nSPS) is 23.7. The van der Waals surface area contributed by atoms with E-state index in [1.165, 1.54) is 32.2 Å². The van der Waals surface area contributed by atoms with Crippen LogP contribution in [0.4, 0.5) is 0 Å². The molecule has 0 spiro atoms. The highest BCUT2D eigenvalue weighted by molar-refractivity contribution is 5.04. The summed E-state index contributed by atoms with van der Waals surface area (Å²) in [7, 11) is 0. The van der Waals surface area contributed by atoms with E-state index in [1.807, 2.05) is 0 Å². The molecule has 0 amide bonds.